The first-order valence-electron chi connectivity index (χ1n) is 7.39. The summed E-state index contributed by atoms with van der Waals surface area (Å²) < 4.78 is 0. The first-order chi connectivity index (χ1) is 9.65. The Kier molecular flexibility index (Phi) is 3.51. The van der Waals surface area contributed by atoms with Crippen LogP contribution in [0.25, 0.3) is 0 Å². The molecule has 0 bridgehead atoms. The van der Waals surface area contributed by atoms with Gasteiger partial charge in [0.05, 0.1) is 11.9 Å². The van der Waals surface area contributed by atoms with E-state index in [9.17, 15) is 9.90 Å². The number of hydrogen-bond donors (Lipinski definition) is 2. The Hall–Kier alpha value is -1.78. The SMILES string of the molecule is Nc1cnc(N2CCC3CCCCC3C2)c(C(=O)O)c1. The van der Waals surface area contributed by atoms with E-state index in [-0.39, 0.29) is 5.56 Å². The lowest BCUT2D eigenvalue weighted by Crippen LogP contribution is -2.42. The Morgan fingerprint density at radius 2 is 2.05 bits per heavy atom. The van der Waals surface area contributed by atoms with Crippen LogP contribution in [0.1, 0.15) is 42.5 Å². The highest BCUT2D eigenvalue weighted by atomic mass is 16.4. The van der Waals surface area contributed by atoms with Crippen LogP contribution in [-0.2, 0) is 0 Å². The second-order valence-electron chi connectivity index (χ2n) is 5.98. The number of nitrogens with zero attached hydrogens (tertiary/aromatic N) is 2. The van der Waals surface area contributed by atoms with Gasteiger partial charge in [0.1, 0.15) is 11.4 Å². The van der Waals surface area contributed by atoms with Gasteiger partial charge in [-0.15, -0.1) is 0 Å². The number of carboxylic acid groups (broad SMARTS) is 1. The zero-order valence-corrected chi connectivity index (χ0v) is 11.6. The summed E-state index contributed by atoms with van der Waals surface area (Å²) in [7, 11) is 0. The lowest BCUT2D eigenvalue weighted by atomic mass is 9.75. The maximum absolute atomic E-state index is 11.4. The molecule has 3 rings (SSSR count). The summed E-state index contributed by atoms with van der Waals surface area (Å²) in [5, 5.41) is 9.33. The maximum atomic E-state index is 11.4. The normalized spacial score (nSPS) is 26.1. The van der Waals surface area contributed by atoms with Crippen LogP contribution in [0, 0.1) is 11.8 Å². The lowest BCUT2D eigenvalue weighted by molar-refractivity contribution is 0.0697. The van der Waals surface area contributed by atoms with Gasteiger partial charge in [0.15, 0.2) is 0 Å². The predicted molar refractivity (Wildman–Crippen MR) is 77.9 cm³/mol. The Balaban J connectivity index is 1.84. The highest BCUT2D eigenvalue weighted by Crippen LogP contribution is 2.37. The molecule has 2 aliphatic rings. The number of hydrogen-bond acceptors (Lipinski definition) is 4. The van der Waals surface area contributed by atoms with Crippen molar-refractivity contribution in [3.8, 4) is 0 Å². The van der Waals surface area contributed by atoms with E-state index in [0.29, 0.717) is 17.4 Å². The van der Waals surface area contributed by atoms with Crippen molar-refractivity contribution in [3.63, 3.8) is 0 Å². The lowest BCUT2D eigenvalue weighted by Gasteiger charge is -2.42. The quantitative estimate of drug-likeness (QED) is 0.866. The fraction of sp³-hybridized carbons (Fsp3) is 0.600. The summed E-state index contributed by atoms with van der Waals surface area (Å²) in [4.78, 5) is 17.8. The molecule has 5 nitrogen and oxygen atoms in total. The van der Waals surface area contributed by atoms with Gasteiger partial charge in [0.25, 0.3) is 0 Å². The van der Waals surface area contributed by atoms with E-state index in [4.69, 9.17) is 5.73 Å². The standard InChI is InChI=1S/C15H21N3O2/c16-12-7-13(15(19)20)14(17-8-12)18-6-5-10-3-1-2-4-11(10)9-18/h7-8,10-11H,1-6,9,16H2,(H,19,20). The van der Waals surface area contributed by atoms with Crippen molar-refractivity contribution >= 4 is 17.5 Å². The fourth-order valence-electron chi connectivity index (χ4n) is 3.68. The molecule has 2 atom stereocenters. The number of aromatic nitrogens is 1. The zero-order chi connectivity index (χ0) is 14.1. The Bertz CT molecular complexity index is 518. The van der Waals surface area contributed by atoms with Crippen LogP contribution in [0.3, 0.4) is 0 Å². The number of carboxylic acids is 1. The van der Waals surface area contributed by atoms with Crippen molar-refractivity contribution in [3.05, 3.63) is 17.8 Å². The molecule has 2 heterocycles. The minimum absolute atomic E-state index is 0.222. The Morgan fingerprint density at radius 3 is 2.80 bits per heavy atom. The predicted octanol–water partition coefficient (Wildman–Crippen LogP) is 2.38. The third-order valence-corrected chi connectivity index (χ3v) is 4.71. The molecule has 2 unspecified atom stereocenters. The molecule has 0 amide bonds. The summed E-state index contributed by atoms with van der Waals surface area (Å²) in [6.45, 7) is 1.83. The second-order valence-corrected chi connectivity index (χ2v) is 5.98. The largest absolute Gasteiger partial charge is 0.478 e. The van der Waals surface area contributed by atoms with Crippen molar-refractivity contribution in [1.29, 1.82) is 0 Å². The number of nitrogens with two attached hydrogens (primary N) is 1. The first kappa shape index (κ1) is 13.2. The number of carbonyl (C=O) groups is 1. The van der Waals surface area contributed by atoms with Crippen molar-refractivity contribution in [2.75, 3.05) is 23.7 Å². The van der Waals surface area contributed by atoms with Crippen molar-refractivity contribution in [2.45, 2.75) is 32.1 Å². The summed E-state index contributed by atoms with van der Waals surface area (Å²) in [5.41, 5.74) is 6.28. The molecule has 0 aromatic carbocycles. The van der Waals surface area contributed by atoms with Crippen molar-refractivity contribution < 1.29 is 9.90 Å². The maximum Gasteiger partial charge on any atom is 0.339 e. The molecule has 0 spiro atoms. The number of aromatic carboxylic acids is 1. The molecule has 2 fully saturated rings. The summed E-state index contributed by atoms with van der Waals surface area (Å²) in [6.07, 6.45) is 7.94. The van der Waals surface area contributed by atoms with E-state index in [1.54, 1.807) is 6.20 Å². The minimum atomic E-state index is -0.953. The van der Waals surface area contributed by atoms with Gasteiger partial charge in [-0.25, -0.2) is 9.78 Å². The van der Waals surface area contributed by atoms with Crippen LogP contribution >= 0.6 is 0 Å². The average molecular weight is 275 g/mol. The molecule has 20 heavy (non-hydrogen) atoms. The van der Waals surface area contributed by atoms with Crippen LogP contribution in [-0.4, -0.2) is 29.1 Å². The van der Waals surface area contributed by atoms with Crippen LogP contribution in [0.4, 0.5) is 11.5 Å². The second kappa shape index (κ2) is 5.31. The number of nitrogen functional groups attached to an aromatic ring is 1. The molecule has 1 aliphatic carbocycles. The topological polar surface area (TPSA) is 79.5 Å². The number of fused-ring (bicyclic) bond motifs is 1. The molecule has 1 saturated heterocycles. The highest BCUT2D eigenvalue weighted by Gasteiger charge is 2.32. The van der Waals surface area contributed by atoms with Crippen LogP contribution in [0.15, 0.2) is 12.3 Å². The number of rotatable bonds is 2. The molecule has 5 heteroatoms. The van der Waals surface area contributed by atoms with E-state index in [1.807, 2.05) is 0 Å². The number of piperidine rings is 1. The number of pyridine rings is 1. The molecule has 1 aromatic heterocycles. The van der Waals surface area contributed by atoms with Crippen molar-refractivity contribution in [2.24, 2.45) is 11.8 Å². The molecular formula is C15H21N3O2. The fourth-order valence-corrected chi connectivity index (χ4v) is 3.68. The van der Waals surface area contributed by atoms with E-state index in [1.165, 1.54) is 31.7 Å². The monoisotopic (exact) mass is 275 g/mol. The van der Waals surface area contributed by atoms with Gasteiger partial charge in [-0.1, -0.05) is 19.3 Å². The summed E-state index contributed by atoms with van der Waals surface area (Å²) in [5.74, 6) is 1.14. The average Bonchev–Trinajstić information content (AvgIpc) is 2.46. The van der Waals surface area contributed by atoms with Crippen LogP contribution < -0.4 is 10.6 Å². The van der Waals surface area contributed by atoms with Gasteiger partial charge in [-0.05, 0) is 30.7 Å². The van der Waals surface area contributed by atoms with Gasteiger partial charge >= 0.3 is 5.97 Å². The van der Waals surface area contributed by atoms with Gasteiger partial charge in [-0.3, -0.25) is 0 Å². The Morgan fingerprint density at radius 1 is 1.30 bits per heavy atom. The molecule has 0 radical (unpaired) electrons. The van der Waals surface area contributed by atoms with E-state index < -0.39 is 5.97 Å². The molecule has 1 saturated carbocycles. The van der Waals surface area contributed by atoms with E-state index in [0.717, 1.165) is 25.4 Å². The molecule has 1 aliphatic heterocycles. The van der Waals surface area contributed by atoms with Crippen molar-refractivity contribution in [1.82, 2.24) is 4.98 Å². The van der Waals surface area contributed by atoms with Gasteiger partial charge in [-0.2, -0.15) is 0 Å². The smallest absolute Gasteiger partial charge is 0.339 e. The number of anilines is 2. The van der Waals surface area contributed by atoms with Crippen LogP contribution in [0.5, 0.6) is 0 Å². The van der Waals surface area contributed by atoms with Gasteiger partial charge < -0.3 is 15.7 Å². The van der Waals surface area contributed by atoms with Crippen LogP contribution in [0.2, 0.25) is 0 Å². The van der Waals surface area contributed by atoms with E-state index >= 15 is 0 Å². The third kappa shape index (κ3) is 2.44. The molecule has 1 aromatic rings. The molecular weight excluding hydrogens is 254 g/mol. The van der Waals surface area contributed by atoms with Gasteiger partial charge in [0.2, 0.25) is 0 Å². The zero-order valence-electron chi connectivity index (χ0n) is 11.6. The van der Waals surface area contributed by atoms with Gasteiger partial charge in [0, 0.05) is 13.1 Å². The summed E-state index contributed by atoms with van der Waals surface area (Å²) >= 11 is 0. The third-order valence-electron chi connectivity index (χ3n) is 4.71. The minimum Gasteiger partial charge on any atom is -0.478 e. The molecule has 3 N–H and O–H groups in total. The highest BCUT2D eigenvalue weighted by molar-refractivity contribution is 5.94. The summed E-state index contributed by atoms with van der Waals surface area (Å²) in [6, 6.07) is 1.51. The van der Waals surface area contributed by atoms with E-state index in [2.05, 4.69) is 9.88 Å². The first-order valence-corrected chi connectivity index (χ1v) is 7.39. The Labute approximate surface area is 118 Å². The molecule has 108 valence electrons.